The molecule has 0 aliphatic heterocycles. The van der Waals surface area contributed by atoms with Gasteiger partial charge in [-0.2, -0.15) is 5.10 Å². The van der Waals surface area contributed by atoms with Crippen molar-refractivity contribution in [2.45, 2.75) is 20.8 Å². The summed E-state index contributed by atoms with van der Waals surface area (Å²) in [7, 11) is 0. The molecule has 12 nitrogen and oxygen atoms in total. The number of nitrogens with one attached hydrogen (secondary N) is 1. The number of nitro groups is 2. The second-order valence-electron chi connectivity index (χ2n) is 7.69. The smallest absolute Gasteiger partial charge is 0.318 e. The van der Waals surface area contributed by atoms with Crippen LogP contribution < -0.4 is 19.6 Å². The van der Waals surface area contributed by atoms with Crippen molar-refractivity contribution in [3.05, 3.63) is 91.5 Å². The quantitative estimate of drug-likeness (QED) is 0.219. The molecule has 0 aliphatic carbocycles. The van der Waals surface area contributed by atoms with Crippen molar-refractivity contribution in [1.29, 1.82) is 0 Å². The summed E-state index contributed by atoms with van der Waals surface area (Å²) in [4.78, 5) is 32.9. The first-order valence-electron chi connectivity index (χ1n) is 11.1. The molecule has 0 fully saturated rings. The van der Waals surface area contributed by atoms with Gasteiger partial charge < -0.3 is 14.2 Å². The van der Waals surface area contributed by atoms with Crippen LogP contribution >= 0.6 is 0 Å². The Morgan fingerprint density at radius 1 is 0.946 bits per heavy atom. The van der Waals surface area contributed by atoms with Gasteiger partial charge in [-0.3, -0.25) is 25.0 Å². The Hall–Kier alpha value is -5.00. The summed E-state index contributed by atoms with van der Waals surface area (Å²) in [5.74, 6) is 0.386. The van der Waals surface area contributed by atoms with E-state index in [9.17, 15) is 25.0 Å². The SMILES string of the molecule is CCOc1cc(/C=N/NC(=O)COc2cccc(C)c2C)ccc1Oc1ccc([N+](=O)[O-])cc1[N+](=O)[O-]. The summed E-state index contributed by atoms with van der Waals surface area (Å²) in [6, 6.07) is 13.3. The fourth-order valence-electron chi connectivity index (χ4n) is 3.16. The maximum Gasteiger partial charge on any atom is 0.318 e. The number of hydrazone groups is 1. The van der Waals surface area contributed by atoms with Crippen LogP contribution in [-0.4, -0.2) is 35.2 Å². The zero-order valence-electron chi connectivity index (χ0n) is 20.3. The molecule has 37 heavy (non-hydrogen) atoms. The summed E-state index contributed by atoms with van der Waals surface area (Å²) in [5.41, 5.74) is 3.93. The molecule has 3 aromatic carbocycles. The summed E-state index contributed by atoms with van der Waals surface area (Å²) in [6.45, 7) is 5.66. The highest BCUT2D eigenvalue weighted by molar-refractivity contribution is 5.83. The van der Waals surface area contributed by atoms with E-state index in [1.807, 2.05) is 26.0 Å². The molecule has 0 saturated heterocycles. The van der Waals surface area contributed by atoms with Crippen molar-refractivity contribution < 1.29 is 28.9 Å². The number of ether oxygens (including phenoxy) is 3. The van der Waals surface area contributed by atoms with Crippen LogP contribution in [0.1, 0.15) is 23.6 Å². The predicted molar refractivity (Wildman–Crippen MR) is 135 cm³/mol. The lowest BCUT2D eigenvalue weighted by Gasteiger charge is -2.12. The van der Waals surface area contributed by atoms with Crippen LogP contribution in [0.3, 0.4) is 0 Å². The Labute approximate surface area is 211 Å². The number of nitrogens with zero attached hydrogens (tertiary/aromatic N) is 3. The maximum absolute atomic E-state index is 12.1. The lowest BCUT2D eigenvalue weighted by Crippen LogP contribution is -2.24. The van der Waals surface area contributed by atoms with Crippen LogP contribution in [0.5, 0.6) is 23.0 Å². The van der Waals surface area contributed by atoms with Gasteiger partial charge in [0.1, 0.15) is 5.75 Å². The number of carbonyl (C=O) groups is 1. The van der Waals surface area contributed by atoms with Gasteiger partial charge in [0.05, 0.1) is 28.7 Å². The number of hydrogen-bond acceptors (Lipinski definition) is 9. The van der Waals surface area contributed by atoms with Gasteiger partial charge in [0.2, 0.25) is 5.75 Å². The van der Waals surface area contributed by atoms with E-state index < -0.39 is 27.1 Å². The Balaban J connectivity index is 1.69. The van der Waals surface area contributed by atoms with E-state index in [0.717, 1.165) is 29.3 Å². The monoisotopic (exact) mass is 508 g/mol. The number of non-ortho nitro benzene ring substituents is 1. The van der Waals surface area contributed by atoms with Crippen LogP contribution in [0.15, 0.2) is 59.7 Å². The molecule has 0 aliphatic rings. The van der Waals surface area contributed by atoms with Crippen molar-refractivity contribution in [2.24, 2.45) is 5.10 Å². The molecule has 192 valence electrons. The van der Waals surface area contributed by atoms with Crippen LogP contribution in [0.4, 0.5) is 11.4 Å². The Kier molecular flexibility index (Phi) is 8.71. The van der Waals surface area contributed by atoms with Crippen LogP contribution in [0.25, 0.3) is 0 Å². The summed E-state index contributed by atoms with van der Waals surface area (Å²) >= 11 is 0. The highest BCUT2D eigenvalue weighted by atomic mass is 16.6. The number of benzene rings is 3. The number of carbonyl (C=O) groups excluding carboxylic acids is 1. The summed E-state index contributed by atoms with van der Waals surface area (Å²) < 4.78 is 16.8. The van der Waals surface area contributed by atoms with E-state index in [1.54, 1.807) is 25.1 Å². The van der Waals surface area contributed by atoms with E-state index in [4.69, 9.17) is 14.2 Å². The molecule has 0 atom stereocenters. The largest absolute Gasteiger partial charge is 0.490 e. The van der Waals surface area contributed by atoms with Gasteiger partial charge in [-0.25, -0.2) is 5.43 Å². The van der Waals surface area contributed by atoms with Crippen molar-refractivity contribution >= 4 is 23.5 Å². The number of amides is 1. The Morgan fingerprint density at radius 2 is 1.70 bits per heavy atom. The van der Waals surface area contributed by atoms with Crippen LogP contribution in [-0.2, 0) is 4.79 Å². The van der Waals surface area contributed by atoms with Crippen LogP contribution in [0.2, 0.25) is 0 Å². The minimum absolute atomic E-state index is 0.155. The predicted octanol–water partition coefficient (Wildman–Crippen LogP) is 4.84. The van der Waals surface area contributed by atoms with Gasteiger partial charge >= 0.3 is 5.69 Å². The third kappa shape index (κ3) is 7.01. The molecule has 1 amide bonds. The zero-order chi connectivity index (χ0) is 26.9. The van der Waals surface area contributed by atoms with Crippen molar-refractivity contribution in [1.82, 2.24) is 5.43 Å². The number of aryl methyl sites for hydroxylation is 1. The second kappa shape index (κ2) is 12.1. The molecule has 3 aromatic rings. The fourth-order valence-corrected chi connectivity index (χ4v) is 3.16. The first-order chi connectivity index (χ1) is 17.7. The molecular weight excluding hydrogens is 484 g/mol. The normalized spacial score (nSPS) is 10.7. The highest BCUT2D eigenvalue weighted by Crippen LogP contribution is 2.38. The fraction of sp³-hybridized carbons (Fsp3) is 0.200. The lowest BCUT2D eigenvalue weighted by molar-refractivity contribution is -0.394. The average molecular weight is 508 g/mol. The minimum atomic E-state index is -0.767. The molecule has 0 saturated carbocycles. The number of rotatable bonds is 11. The number of nitro benzene ring substituents is 2. The molecule has 0 radical (unpaired) electrons. The van der Waals surface area contributed by atoms with Gasteiger partial charge in [-0.05, 0) is 67.8 Å². The molecule has 3 rings (SSSR count). The first-order valence-corrected chi connectivity index (χ1v) is 11.1. The van der Waals surface area contributed by atoms with E-state index >= 15 is 0 Å². The van der Waals surface area contributed by atoms with Crippen molar-refractivity contribution in [3.8, 4) is 23.0 Å². The average Bonchev–Trinajstić information content (AvgIpc) is 2.86. The van der Waals surface area contributed by atoms with E-state index in [2.05, 4.69) is 10.5 Å². The number of hydrogen-bond donors (Lipinski definition) is 1. The molecule has 0 unspecified atom stereocenters. The van der Waals surface area contributed by atoms with Gasteiger partial charge in [-0.15, -0.1) is 0 Å². The molecule has 12 heteroatoms. The molecule has 0 heterocycles. The molecule has 0 aromatic heterocycles. The van der Waals surface area contributed by atoms with Gasteiger partial charge in [0.25, 0.3) is 11.6 Å². The standard InChI is InChI=1S/C25H24N4O8/c1-4-35-24-12-18(14-26-27-25(30)15-36-21-7-5-6-16(2)17(21)3)8-10-23(24)37-22-11-9-19(28(31)32)13-20(22)29(33)34/h5-14H,4,15H2,1-3H3,(H,27,30)/b26-14+. The molecule has 0 spiro atoms. The Morgan fingerprint density at radius 3 is 2.41 bits per heavy atom. The van der Waals surface area contributed by atoms with E-state index in [0.29, 0.717) is 11.3 Å². The van der Waals surface area contributed by atoms with Gasteiger partial charge in [0, 0.05) is 6.07 Å². The van der Waals surface area contributed by atoms with Crippen molar-refractivity contribution in [3.63, 3.8) is 0 Å². The molecule has 1 N–H and O–H groups in total. The van der Waals surface area contributed by atoms with Crippen LogP contribution in [0, 0.1) is 34.1 Å². The van der Waals surface area contributed by atoms with Gasteiger partial charge in [0.15, 0.2) is 18.1 Å². The van der Waals surface area contributed by atoms with E-state index in [-0.39, 0.29) is 30.5 Å². The van der Waals surface area contributed by atoms with Gasteiger partial charge in [-0.1, -0.05) is 12.1 Å². The molecule has 0 bridgehead atoms. The highest BCUT2D eigenvalue weighted by Gasteiger charge is 2.22. The third-order valence-corrected chi connectivity index (χ3v) is 5.15. The second-order valence-corrected chi connectivity index (χ2v) is 7.69. The summed E-state index contributed by atoms with van der Waals surface area (Å²) in [5, 5.41) is 26.3. The van der Waals surface area contributed by atoms with Crippen molar-refractivity contribution in [2.75, 3.05) is 13.2 Å². The first kappa shape index (κ1) is 26.6. The lowest BCUT2D eigenvalue weighted by atomic mass is 10.1. The zero-order valence-corrected chi connectivity index (χ0v) is 20.3. The summed E-state index contributed by atoms with van der Waals surface area (Å²) in [6.07, 6.45) is 1.39. The third-order valence-electron chi connectivity index (χ3n) is 5.15. The maximum atomic E-state index is 12.1. The van der Waals surface area contributed by atoms with E-state index in [1.165, 1.54) is 12.3 Å². The minimum Gasteiger partial charge on any atom is -0.490 e. The molecular formula is C25H24N4O8. The topological polar surface area (TPSA) is 155 Å². The Bertz CT molecular complexity index is 1360.